The second-order valence-electron chi connectivity index (χ2n) is 7.34. The number of carbonyl (C=O) groups is 3. The second-order valence-corrected chi connectivity index (χ2v) is 7.34. The Morgan fingerprint density at radius 3 is 1.97 bits per heavy atom. The summed E-state index contributed by atoms with van der Waals surface area (Å²) >= 11 is 0. The molecule has 0 aliphatic heterocycles. The predicted molar refractivity (Wildman–Crippen MR) is 123 cm³/mol. The minimum absolute atomic E-state index is 0.347. The van der Waals surface area contributed by atoms with Crippen LogP contribution >= 0.6 is 0 Å². The summed E-state index contributed by atoms with van der Waals surface area (Å²) in [6, 6.07) is 5.04. The number of aliphatic hydroxyl groups excluding tert-OH is 1. The Kier molecular flexibility index (Phi) is 14.3. The van der Waals surface area contributed by atoms with Gasteiger partial charge in [0, 0.05) is 23.5 Å². The van der Waals surface area contributed by atoms with Crippen molar-refractivity contribution >= 4 is 28.8 Å². The minimum atomic E-state index is -1.18. The number of rotatable bonds is 10. The number of para-hydroxylation sites is 1. The first kappa shape index (κ1) is 30.0. The molecule has 33 heavy (non-hydrogen) atoms. The molecule has 186 valence electrons. The Balaban J connectivity index is 0.000000499. The molecule has 0 fully saturated rings. The van der Waals surface area contributed by atoms with Crippen molar-refractivity contribution in [2.45, 2.75) is 56.8 Å². The van der Waals surface area contributed by atoms with Crippen molar-refractivity contribution in [3.63, 3.8) is 0 Å². The van der Waals surface area contributed by atoms with E-state index in [9.17, 15) is 14.4 Å². The number of hydrogen-bond acceptors (Lipinski definition) is 8. The number of H-pyrrole nitrogens is 1. The van der Waals surface area contributed by atoms with Crippen molar-refractivity contribution in [1.29, 1.82) is 0 Å². The van der Waals surface area contributed by atoms with E-state index >= 15 is 0 Å². The smallest absolute Gasteiger partial charge is 0.323 e. The SMILES string of the molecule is CC(O)C(N)C(=O)O.NC(Cc1c[nH]c2ccccc12)C(=O)O.NCCCCC(N)C(=O)O. The van der Waals surface area contributed by atoms with Gasteiger partial charge in [-0.1, -0.05) is 24.6 Å². The molecule has 13 N–H and O–H groups in total. The lowest BCUT2D eigenvalue weighted by Crippen LogP contribution is -2.39. The Morgan fingerprint density at radius 2 is 1.52 bits per heavy atom. The second kappa shape index (κ2) is 15.7. The highest BCUT2D eigenvalue weighted by atomic mass is 16.4. The molecule has 2 rings (SSSR count). The van der Waals surface area contributed by atoms with Gasteiger partial charge in [0.25, 0.3) is 0 Å². The molecule has 2 aromatic rings. The maximum atomic E-state index is 10.6. The fraction of sp³-hybridized carbons (Fsp3) is 0.476. The van der Waals surface area contributed by atoms with Crippen molar-refractivity contribution in [3.05, 3.63) is 36.0 Å². The summed E-state index contributed by atoms with van der Waals surface area (Å²) in [5, 5.41) is 34.6. The molecular weight excluding hydrogens is 434 g/mol. The molecule has 0 radical (unpaired) electrons. The van der Waals surface area contributed by atoms with E-state index in [-0.39, 0.29) is 0 Å². The first-order valence-electron chi connectivity index (χ1n) is 10.3. The highest BCUT2D eigenvalue weighted by Gasteiger charge is 2.16. The van der Waals surface area contributed by atoms with Gasteiger partial charge in [-0.2, -0.15) is 0 Å². The van der Waals surface area contributed by atoms with E-state index in [0.717, 1.165) is 29.3 Å². The van der Waals surface area contributed by atoms with Crippen LogP contribution in [0.1, 0.15) is 31.7 Å². The summed E-state index contributed by atoms with van der Waals surface area (Å²) in [4.78, 5) is 33.7. The molecule has 12 heteroatoms. The van der Waals surface area contributed by atoms with Gasteiger partial charge in [0.15, 0.2) is 0 Å². The standard InChI is InChI=1S/C11H12N2O2.C6H14N2O2.C4H9NO3/c12-9(11(14)15)5-7-6-13-10-4-2-1-3-8(7)10;7-4-2-1-3-5(8)6(9)10;1-2(6)3(5)4(7)8/h1-4,6,9,13H,5,12H2,(H,14,15);5H,1-4,7-8H2,(H,9,10);2-3,6H,5H2,1H3,(H,7,8). The Bertz CT molecular complexity index is 872. The van der Waals surface area contributed by atoms with Crippen LogP contribution in [0.4, 0.5) is 0 Å². The summed E-state index contributed by atoms with van der Waals surface area (Å²) in [5.41, 5.74) is 22.8. The topological polar surface area (TPSA) is 252 Å². The summed E-state index contributed by atoms with van der Waals surface area (Å²) in [5.74, 6) is -3.09. The monoisotopic (exact) mass is 469 g/mol. The number of fused-ring (bicyclic) bond motifs is 1. The van der Waals surface area contributed by atoms with Gasteiger partial charge in [-0.15, -0.1) is 0 Å². The molecule has 0 saturated heterocycles. The number of aliphatic carboxylic acids is 3. The highest BCUT2D eigenvalue weighted by Crippen LogP contribution is 2.18. The van der Waals surface area contributed by atoms with E-state index in [0.29, 0.717) is 19.4 Å². The van der Waals surface area contributed by atoms with Gasteiger partial charge in [0.05, 0.1) is 6.10 Å². The van der Waals surface area contributed by atoms with Crippen LogP contribution < -0.4 is 22.9 Å². The Labute approximate surface area is 191 Å². The van der Waals surface area contributed by atoms with E-state index in [4.69, 9.17) is 43.4 Å². The van der Waals surface area contributed by atoms with Gasteiger partial charge in [-0.25, -0.2) is 0 Å². The fourth-order valence-electron chi connectivity index (χ4n) is 2.46. The largest absolute Gasteiger partial charge is 0.480 e. The number of aromatic amines is 1. The Hall–Kier alpha value is -3.03. The molecule has 12 nitrogen and oxygen atoms in total. The molecule has 4 unspecified atom stereocenters. The van der Waals surface area contributed by atoms with Crippen LogP contribution in [0.3, 0.4) is 0 Å². The van der Waals surface area contributed by atoms with Crippen LogP contribution in [0.25, 0.3) is 10.9 Å². The summed E-state index contributed by atoms with van der Waals surface area (Å²) in [7, 11) is 0. The molecule has 1 aromatic carbocycles. The third-order valence-corrected chi connectivity index (χ3v) is 4.52. The summed E-state index contributed by atoms with van der Waals surface area (Å²) in [6.07, 6.45) is 3.34. The number of aromatic nitrogens is 1. The number of carboxylic acid groups (broad SMARTS) is 3. The van der Waals surface area contributed by atoms with Crippen LogP contribution in [0.2, 0.25) is 0 Å². The number of nitrogens with one attached hydrogen (secondary N) is 1. The van der Waals surface area contributed by atoms with Crippen molar-refractivity contribution < 1.29 is 34.8 Å². The van der Waals surface area contributed by atoms with E-state index in [1.165, 1.54) is 6.92 Å². The third kappa shape index (κ3) is 12.0. The van der Waals surface area contributed by atoms with E-state index in [2.05, 4.69) is 4.98 Å². The normalized spacial score (nSPS) is 14.0. The molecule has 1 aromatic heterocycles. The number of aliphatic hydroxyl groups is 1. The van der Waals surface area contributed by atoms with Gasteiger partial charge < -0.3 is 48.3 Å². The van der Waals surface area contributed by atoms with Crippen molar-refractivity contribution in [2.75, 3.05) is 6.54 Å². The first-order chi connectivity index (χ1) is 15.4. The molecule has 0 amide bonds. The first-order valence-corrected chi connectivity index (χ1v) is 10.3. The Morgan fingerprint density at radius 1 is 0.939 bits per heavy atom. The number of benzene rings is 1. The molecule has 0 spiro atoms. The molecule has 0 bridgehead atoms. The third-order valence-electron chi connectivity index (χ3n) is 4.52. The number of nitrogens with two attached hydrogens (primary N) is 4. The van der Waals surface area contributed by atoms with Crippen LogP contribution in [-0.2, 0) is 20.8 Å². The summed E-state index contributed by atoms with van der Waals surface area (Å²) < 4.78 is 0. The van der Waals surface area contributed by atoms with Crippen LogP contribution in [0.5, 0.6) is 0 Å². The number of carboxylic acids is 3. The maximum Gasteiger partial charge on any atom is 0.323 e. The van der Waals surface area contributed by atoms with Gasteiger partial charge >= 0.3 is 17.9 Å². The van der Waals surface area contributed by atoms with Crippen molar-refractivity contribution in [2.24, 2.45) is 22.9 Å². The number of unbranched alkanes of at least 4 members (excludes halogenated alkanes) is 1. The van der Waals surface area contributed by atoms with Crippen LogP contribution in [-0.4, -0.2) is 74.1 Å². The average Bonchev–Trinajstić information content (AvgIpc) is 3.16. The van der Waals surface area contributed by atoms with E-state index in [1.807, 2.05) is 30.5 Å². The zero-order chi connectivity index (χ0) is 25.6. The lowest BCUT2D eigenvalue weighted by molar-refractivity contribution is -0.141. The zero-order valence-electron chi connectivity index (χ0n) is 18.6. The summed E-state index contributed by atoms with van der Waals surface area (Å²) in [6.45, 7) is 1.94. The quantitative estimate of drug-likeness (QED) is 0.199. The predicted octanol–water partition coefficient (Wildman–Crippen LogP) is -0.571. The van der Waals surface area contributed by atoms with Crippen LogP contribution in [0, 0.1) is 0 Å². The zero-order valence-corrected chi connectivity index (χ0v) is 18.6. The van der Waals surface area contributed by atoms with Gasteiger partial charge in [0.2, 0.25) is 0 Å². The number of hydrogen-bond donors (Lipinski definition) is 9. The maximum absolute atomic E-state index is 10.6. The molecule has 0 aliphatic carbocycles. The molecule has 1 heterocycles. The molecular formula is C21H35N5O7. The van der Waals surface area contributed by atoms with Crippen molar-refractivity contribution in [3.8, 4) is 0 Å². The fourth-order valence-corrected chi connectivity index (χ4v) is 2.46. The minimum Gasteiger partial charge on any atom is -0.480 e. The van der Waals surface area contributed by atoms with Gasteiger partial charge in [-0.3, -0.25) is 14.4 Å². The molecule has 0 saturated carbocycles. The average molecular weight is 470 g/mol. The highest BCUT2D eigenvalue weighted by molar-refractivity contribution is 5.84. The lowest BCUT2D eigenvalue weighted by Gasteiger charge is -2.06. The molecule has 4 atom stereocenters. The van der Waals surface area contributed by atoms with E-state index < -0.39 is 42.1 Å². The molecule has 0 aliphatic rings. The van der Waals surface area contributed by atoms with Gasteiger partial charge in [-0.05, 0) is 37.9 Å². The van der Waals surface area contributed by atoms with Crippen LogP contribution in [0.15, 0.2) is 30.5 Å². The van der Waals surface area contributed by atoms with E-state index in [1.54, 1.807) is 0 Å². The van der Waals surface area contributed by atoms with Gasteiger partial charge in [0.1, 0.15) is 18.1 Å². The lowest BCUT2D eigenvalue weighted by atomic mass is 10.1. The van der Waals surface area contributed by atoms with Crippen molar-refractivity contribution in [1.82, 2.24) is 4.98 Å².